The standard InChI is InChI=1S/C21H17N5O/c1-12-6-13(9-22)7-14-2-4-18(20(12)14)24-15-3-5-17-16(8-15)21(26-25-17)19-10-23-11-27-19/h3,5-8,10-11,18,24H,2,4H2,1H3,(H,25,26). The molecule has 4 aromatic rings. The molecule has 0 amide bonds. The first-order valence-electron chi connectivity index (χ1n) is 8.90. The number of fused-ring (bicyclic) bond motifs is 2. The highest BCUT2D eigenvalue weighted by Gasteiger charge is 2.25. The Hall–Kier alpha value is -3.59. The molecule has 6 heteroatoms. The zero-order valence-corrected chi connectivity index (χ0v) is 14.8. The van der Waals surface area contributed by atoms with Gasteiger partial charge in [0, 0.05) is 11.1 Å². The number of oxazole rings is 1. The molecule has 0 aliphatic heterocycles. The van der Waals surface area contributed by atoms with Crippen LogP contribution in [0, 0.1) is 18.3 Å². The average molecular weight is 355 g/mol. The largest absolute Gasteiger partial charge is 0.442 e. The van der Waals surface area contributed by atoms with Crippen molar-refractivity contribution in [2.24, 2.45) is 0 Å². The molecule has 132 valence electrons. The lowest BCUT2D eigenvalue weighted by molar-refractivity contribution is 0.570. The maximum Gasteiger partial charge on any atom is 0.181 e. The molecule has 5 rings (SSSR count). The van der Waals surface area contributed by atoms with E-state index in [2.05, 4.69) is 45.6 Å². The molecule has 1 aliphatic rings. The molecule has 6 nitrogen and oxygen atoms in total. The van der Waals surface area contributed by atoms with Crippen molar-refractivity contribution in [1.29, 1.82) is 5.26 Å². The highest BCUT2D eigenvalue weighted by Crippen LogP contribution is 2.37. The predicted octanol–water partition coefficient (Wildman–Crippen LogP) is 4.50. The molecule has 0 fully saturated rings. The van der Waals surface area contributed by atoms with Crippen LogP contribution in [0.25, 0.3) is 22.4 Å². The number of H-pyrrole nitrogens is 1. The van der Waals surface area contributed by atoms with Gasteiger partial charge in [-0.1, -0.05) is 0 Å². The molecule has 0 bridgehead atoms. The van der Waals surface area contributed by atoms with E-state index in [1.807, 2.05) is 18.2 Å². The van der Waals surface area contributed by atoms with Crippen molar-refractivity contribution in [3.63, 3.8) is 0 Å². The summed E-state index contributed by atoms with van der Waals surface area (Å²) in [5.74, 6) is 0.643. The normalized spacial score (nSPS) is 15.6. The number of aromatic nitrogens is 3. The quantitative estimate of drug-likeness (QED) is 0.565. The number of nitrogens with one attached hydrogen (secondary N) is 2. The Morgan fingerprint density at radius 1 is 1.30 bits per heavy atom. The van der Waals surface area contributed by atoms with E-state index in [0.717, 1.165) is 40.7 Å². The van der Waals surface area contributed by atoms with Gasteiger partial charge in [0.1, 0.15) is 5.69 Å². The number of aryl methyl sites for hydroxylation is 2. The monoisotopic (exact) mass is 355 g/mol. The fourth-order valence-electron chi connectivity index (χ4n) is 4.06. The molecule has 0 radical (unpaired) electrons. The van der Waals surface area contributed by atoms with Gasteiger partial charge in [0.15, 0.2) is 12.2 Å². The van der Waals surface area contributed by atoms with Gasteiger partial charge in [0.05, 0.1) is 29.4 Å². The van der Waals surface area contributed by atoms with Crippen molar-refractivity contribution in [2.45, 2.75) is 25.8 Å². The Labute approximate surface area is 155 Å². The van der Waals surface area contributed by atoms with Crippen molar-refractivity contribution in [1.82, 2.24) is 15.2 Å². The van der Waals surface area contributed by atoms with Crippen LogP contribution in [-0.4, -0.2) is 15.2 Å². The highest BCUT2D eigenvalue weighted by molar-refractivity contribution is 5.93. The Morgan fingerprint density at radius 2 is 2.22 bits per heavy atom. The zero-order chi connectivity index (χ0) is 18.4. The average Bonchev–Trinajstić information content (AvgIpc) is 3.40. The van der Waals surface area contributed by atoms with Crippen molar-refractivity contribution in [2.75, 3.05) is 5.32 Å². The van der Waals surface area contributed by atoms with Crippen molar-refractivity contribution >= 4 is 16.6 Å². The van der Waals surface area contributed by atoms with E-state index in [1.54, 1.807) is 6.20 Å². The minimum atomic E-state index is 0.242. The lowest BCUT2D eigenvalue weighted by Gasteiger charge is -2.18. The van der Waals surface area contributed by atoms with Gasteiger partial charge in [-0.3, -0.25) is 5.10 Å². The molecule has 1 unspecified atom stereocenters. The third kappa shape index (κ3) is 2.56. The number of anilines is 1. The first-order valence-corrected chi connectivity index (χ1v) is 8.90. The van der Waals surface area contributed by atoms with E-state index in [0.29, 0.717) is 5.76 Å². The van der Waals surface area contributed by atoms with E-state index in [-0.39, 0.29) is 6.04 Å². The molecular weight excluding hydrogens is 338 g/mol. The predicted molar refractivity (Wildman–Crippen MR) is 102 cm³/mol. The van der Waals surface area contributed by atoms with Gasteiger partial charge in [-0.05, 0) is 66.8 Å². The summed E-state index contributed by atoms with van der Waals surface area (Å²) >= 11 is 0. The summed E-state index contributed by atoms with van der Waals surface area (Å²) in [5.41, 5.74) is 7.24. The van der Waals surface area contributed by atoms with Crippen LogP contribution < -0.4 is 5.32 Å². The molecule has 27 heavy (non-hydrogen) atoms. The SMILES string of the molecule is Cc1cc(C#N)cc2c1C(Nc1ccc3[nH]nc(-c4cnco4)c3c1)CC2. The number of hydrogen-bond acceptors (Lipinski definition) is 5. The molecule has 0 spiro atoms. The number of nitrogens with zero attached hydrogens (tertiary/aromatic N) is 3. The second-order valence-corrected chi connectivity index (χ2v) is 6.91. The first kappa shape index (κ1) is 15.6. The molecule has 1 atom stereocenters. The van der Waals surface area contributed by atoms with Crippen LogP contribution in [0.5, 0.6) is 0 Å². The lowest BCUT2D eigenvalue weighted by Crippen LogP contribution is -2.08. The van der Waals surface area contributed by atoms with Crippen molar-refractivity contribution in [3.05, 3.63) is 65.2 Å². The zero-order valence-electron chi connectivity index (χ0n) is 14.8. The second kappa shape index (κ2) is 5.99. The van der Waals surface area contributed by atoms with Crippen LogP contribution in [0.15, 0.2) is 47.3 Å². The number of benzene rings is 2. The van der Waals surface area contributed by atoms with E-state index >= 15 is 0 Å². The fourth-order valence-corrected chi connectivity index (χ4v) is 4.06. The number of rotatable bonds is 3. The molecule has 0 saturated carbocycles. The van der Waals surface area contributed by atoms with Crippen LogP contribution in [0.4, 0.5) is 5.69 Å². The Morgan fingerprint density at radius 3 is 3.04 bits per heavy atom. The first-order chi connectivity index (χ1) is 13.2. The van der Waals surface area contributed by atoms with E-state index < -0.39 is 0 Å². The maximum atomic E-state index is 9.19. The summed E-state index contributed by atoms with van der Waals surface area (Å²) < 4.78 is 5.40. The van der Waals surface area contributed by atoms with Crippen LogP contribution in [-0.2, 0) is 6.42 Å². The van der Waals surface area contributed by atoms with Gasteiger partial charge in [0.25, 0.3) is 0 Å². The number of aromatic amines is 1. The van der Waals surface area contributed by atoms with E-state index in [1.165, 1.54) is 23.1 Å². The molecule has 2 aromatic heterocycles. The molecule has 2 heterocycles. The molecular formula is C21H17N5O. The van der Waals surface area contributed by atoms with Gasteiger partial charge in [-0.25, -0.2) is 4.98 Å². The lowest BCUT2D eigenvalue weighted by atomic mass is 9.99. The van der Waals surface area contributed by atoms with Crippen LogP contribution in [0.3, 0.4) is 0 Å². The highest BCUT2D eigenvalue weighted by atomic mass is 16.3. The van der Waals surface area contributed by atoms with Crippen LogP contribution in [0.2, 0.25) is 0 Å². The smallest absolute Gasteiger partial charge is 0.181 e. The molecule has 2 aromatic carbocycles. The minimum absolute atomic E-state index is 0.242. The molecule has 1 aliphatic carbocycles. The Bertz CT molecular complexity index is 1180. The second-order valence-electron chi connectivity index (χ2n) is 6.91. The third-order valence-electron chi connectivity index (χ3n) is 5.22. The minimum Gasteiger partial charge on any atom is -0.442 e. The van der Waals surface area contributed by atoms with Crippen LogP contribution >= 0.6 is 0 Å². The topological polar surface area (TPSA) is 90.5 Å². The Kier molecular flexibility index (Phi) is 3.47. The maximum absolute atomic E-state index is 9.19. The summed E-state index contributed by atoms with van der Waals surface area (Å²) in [7, 11) is 0. The van der Waals surface area contributed by atoms with Crippen molar-refractivity contribution in [3.8, 4) is 17.5 Å². The van der Waals surface area contributed by atoms with Gasteiger partial charge >= 0.3 is 0 Å². The summed E-state index contributed by atoms with van der Waals surface area (Å²) in [4.78, 5) is 3.98. The summed E-state index contributed by atoms with van der Waals surface area (Å²) in [6.45, 7) is 2.08. The Balaban J connectivity index is 1.50. The summed E-state index contributed by atoms with van der Waals surface area (Å²) in [5, 5.41) is 21.2. The van der Waals surface area contributed by atoms with E-state index in [9.17, 15) is 5.26 Å². The number of nitriles is 1. The van der Waals surface area contributed by atoms with Gasteiger partial charge in [0.2, 0.25) is 0 Å². The molecule has 2 N–H and O–H groups in total. The van der Waals surface area contributed by atoms with E-state index in [4.69, 9.17) is 4.42 Å². The summed E-state index contributed by atoms with van der Waals surface area (Å²) in [6.07, 6.45) is 5.08. The van der Waals surface area contributed by atoms with Crippen molar-refractivity contribution < 1.29 is 4.42 Å². The number of hydrogen-bond donors (Lipinski definition) is 2. The summed E-state index contributed by atoms with van der Waals surface area (Å²) in [6, 6.07) is 12.7. The van der Waals surface area contributed by atoms with Gasteiger partial charge in [-0.15, -0.1) is 0 Å². The fraction of sp³-hybridized carbons (Fsp3) is 0.190. The van der Waals surface area contributed by atoms with Gasteiger partial charge in [-0.2, -0.15) is 10.4 Å². The third-order valence-corrected chi connectivity index (χ3v) is 5.22. The molecule has 0 saturated heterocycles. The van der Waals surface area contributed by atoms with Gasteiger partial charge < -0.3 is 9.73 Å². The van der Waals surface area contributed by atoms with Crippen LogP contribution in [0.1, 0.15) is 34.7 Å².